The summed E-state index contributed by atoms with van der Waals surface area (Å²) in [5.41, 5.74) is 0.813. The Balaban J connectivity index is 2.07. The fourth-order valence-electron chi connectivity index (χ4n) is 2.67. The van der Waals surface area contributed by atoms with Crippen LogP contribution in [0.25, 0.3) is 10.8 Å². The van der Waals surface area contributed by atoms with E-state index in [0.29, 0.717) is 6.04 Å². The van der Waals surface area contributed by atoms with Gasteiger partial charge in [0.2, 0.25) is 0 Å². The number of benzene rings is 2. The van der Waals surface area contributed by atoms with Crippen molar-refractivity contribution in [2.24, 2.45) is 0 Å². The molecule has 1 fully saturated rings. The molecule has 1 aliphatic heterocycles. The number of nitrogens with one attached hydrogen (secondary N) is 1. The lowest BCUT2D eigenvalue weighted by molar-refractivity contribution is 0.539. The zero-order valence-corrected chi connectivity index (χ0v) is 9.91. The third kappa shape index (κ3) is 1.93. The Morgan fingerprint density at radius 3 is 2.47 bits per heavy atom. The summed E-state index contributed by atoms with van der Waals surface area (Å²) in [6.07, 6.45) is 2.15. The summed E-state index contributed by atoms with van der Waals surface area (Å²) in [5.74, 6) is -0.0877. The van der Waals surface area contributed by atoms with Crippen molar-refractivity contribution in [3.63, 3.8) is 0 Å². The maximum Gasteiger partial charge on any atom is 0.128 e. The van der Waals surface area contributed by atoms with Crippen molar-refractivity contribution >= 4 is 10.8 Å². The van der Waals surface area contributed by atoms with E-state index in [4.69, 9.17) is 0 Å². The van der Waals surface area contributed by atoms with Gasteiger partial charge < -0.3 is 5.32 Å². The summed E-state index contributed by atoms with van der Waals surface area (Å²) in [5, 5.41) is 5.52. The van der Waals surface area contributed by atoms with Gasteiger partial charge in [0.15, 0.2) is 0 Å². The van der Waals surface area contributed by atoms with Gasteiger partial charge in [-0.3, -0.25) is 0 Å². The van der Waals surface area contributed by atoms with Gasteiger partial charge in [-0.1, -0.05) is 24.3 Å². The number of rotatable bonds is 1. The van der Waals surface area contributed by atoms with Crippen LogP contribution in [0.2, 0.25) is 0 Å². The highest BCUT2D eigenvalue weighted by atomic mass is 19.1. The van der Waals surface area contributed by atoms with Gasteiger partial charge in [-0.05, 0) is 42.7 Å². The summed E-state index contributed by atoms with van der Waals surface area (Å²) >= 11 is 0. The van der Waals surface area contributed by atoms with E-state index in [1.54, 1.807) is 6.07 Å². The van der Waals surface area contributed by atoms with Crippen LogP contribution in [0, 0.1) is 5.82 Å². The van der Waals surface area contributed by atoms with Crippen LogP contribution in [-0.4, -0.2) is 6.04 Å². The normalized spacial score (nSPS) is 24.4. The van der Waals surface area contributed by atoms with E-state index in [2.05, 4.69) is 12.2 Å². The molecule has 2 aromatic rings. The lowest BCUT2D eigenvalue weighted by Crippen LogP contribution is -2.21. The maximum atomic E-state index is 14.1. The summed E-state index contributed by atoms with van der Waals surface area (Å²) in [6, 6.07) is 12.2. The molecular weight excluding hydrogens is 213 g/mol. The first-order valence-corrected chi connectivity index (χ1v) is 6.18. The van der Waals surface area contributed by atoms with Crippen LogP contribution < -0.4 is 5.32 Å². The third-order valence-corrected chi connectivity index (χ3v) is 3.61. The lowest BCUT2D eigenvalue weighted by Gasteiger charge is -2.14. The van der Waals surface area contributed by atoms with Gasteiger partial charge in [0, 0.05) is 17.6 Å². The molecule has 0 aliphatic carbocycles. The molecule has 17 heavy (non-hydrogen) atoms. The molecule has 1 saturated heterocycles. The number of fused-ring (bicyclic) bond motifs is 1. The summed E-state index contributed by atoms with van der Waals surface area (Å²) in [7, 11) is 0. The average Bonchev–Trinajstić information content (AvgIpc) is 2.75. The Kier molecular flexibility index (Phi) is 2.60. The smallest absolute Gasteiger partial charge is 0.128 e. The lowest BCUT2D eigenvalue weighted by atomic mass is 10.00. The first-order valence-electron chi connectivity index (χ1n) is 6.18. The summed E-state index contributed by atoms with van der Waals surface area (Å²) in [6.45, 7) is 2.15. The van der Waals surface area contributed by atoms with Crippen LogP contribution in [0.4, 0.5) is 4.39 Å². The summed E-state index contributed by atoms with van der Waals surface area (Å²) < 4.78 is 14.1. The quantitative estimate of drug-likeness (QED) is 0.784. The molecule has 0 spiro atoms. The van der Waals surface area contributed by atoms with E-state index < -0.39 is 0 Å². The predicted molar refractivity (Wildman–Crippen MR) is 68.5 cm³/mol. The Hall–Kier alpha value is -1.41. The molecule has 0 aromatic heterocycles. The van der Waals surface area contributed by atoms with E-state index in [-0.39, 0.29) is 11.9 Å². The fourth-order valence-corrected chi connectivity index (χ4v) is 2.67. The largest absolute Gasteiger partial charge is 0.307 e. The second-order valence-corrected chi connectivity index (χ2v) is 4.92. The van der Waals surface area contributed by atoms with Crippen molar-refractivity contribution in [2.75, 3.05) is 0 Å². The van der Waals surface area contributed by atoms with Gasteiger partial charge in [0.25, 0.3) is 0 Å². The zero-order valence-electron chi connectivity index (χ0n) is 9.91. The van der Waals surface area contributed by atoms with E-state index in [9.17, 15) is 4.39 Å². The van der Waals surface area contributed by atoms with E-state index in [0.717, 1.165) is 29.2 Å². The minimum absolute atomic E-state index is 0.0877. The van der Waals surface area contributed by atoms with Crippen molar-refractivity contribution < 1.29 is 4.39 Å². The number of hydrogen-bond acceptors (Lipinski definition) is 1. The molecule has 2 aromatic carbocycles. The van der Waals surface area contributed by atoms with Crippen molar-refractivity contribution in [2.45, 2.75) is 31.8 Å². The molecule has 2 atom stereocenters. The fraction of sp³-hybridized carbons (Fsp3) is 0.333. The Labute approximate surface area is 101 Å². The van der Waals surface area contributed by atoms with Crippen LogP contribution in [0.3, 0.4) is 0 Å². The molecule has 88 valence electrons. The highest BCUT2D eigenvalue weighted by Gasteiger charge is 2.24. The van der Waals surface area contributed by atoms with Gasteiger partial charge in [-0.25, -0.2) is 4.39 Å². The maximum absolute atomic E-state index is 14.1. The van der Waals surface area contributed by atoms with Gasteiger partial charge in [0.05, 0.1) is 0 Å². The highest BCUT2D eigenvalue weighted by Crippen LogP contribution is 2.30. The van der Waals surface area contributed by atoms with Gasteiger partial charge >= 0.3 is 0 Å². The molecular formula is C15H16FN. The molecule has 1 heterocycles. The molecule has 0 bridgehead atoms. The number of halogens is 1. The van der Waals surface area contributed by atoms with Gasteiger partial charge in [0.1, 0.15) is 5.82 Å². The minimum atomic E-state index is -0.0877. The molecule has 2 heteroatoms. The molecule has 0 amide bonds. The van der Waals surface area contributed by atoms with Crippen LogP contribution in [0.5, 0.6) is 0 Å². The van der Waals surface area contributed by atoms with Crippen LogP contribution >= 0.6 is 0 Å². The molecule has 1 nitrogen and oxygen atoms in total. The van der Waals surface area contributed by atoms with Gasteiger partial charge in [-0.15, -0.1) is 0 Å². The second kappa shape index (κ2) is 4.11. The molecule has 1 aliphatic rings. The molecule has 0 saturated carbocycles. The topological polar surface area (TPSA) is 12.0 Å². The predicted octanol–water partition coefficient (Wildman–Crippen LogP) is 3.79. The van der Waals surface area contributed by atoms with Crippen molar-refractivity contribution in [3.8, 4) is 0 Å². The molecule has 1 N–H and O–H groups in total. The minimum Gasteiger partial charge on any atom is -0.307 e. The second-order valence-electron chi connectivity index (χ2n) is 4.92. The summed E-state index contributed by atoms with van der Waals surface area (Å²) in [4.78, 5) is 0. The first-order chi connectivity index (χ1) is 8.24. The molecule has 3 rings (SSSR count). The zero-order chi connectivity index (χ0) is 11.8. The van der Waals surface area contributed by atoms with Crippen LogP contribution in [-0.2, 0) is 0 Å². The van der Waals surface area contributed by atoms with Crippen molar-refractivity contribution in [3.05, 3.63) is 47.8 Å². The van der Waals surface area contributed by atoms with E-state index >= 15 is 0 Å². The Morgan fingerprint density at radius 1 is 1.12 bits per heavy atom. The molecule has 2 unspecified atom stereocenters. The van der Waals surface area contributed by atoms with Crippen molar-refractivity contribution in [1.82, 2.24) is 5.32 Å². The van der Waals surface area contributed by atoms with Crippen molar-refractivity contribution in [1.29, 1.82) is 0 Å². The first kappa shape index (κ1) is 10.7. The van der Waals surface area contributed by atoms with Crippen LogP contribution in [0.1, 0.15) is 31.4 Å². The average molecular weight is 229 g/mol. The Morgan fingerprint density at radius 2 is 1.82 bits per heavy atom. The van der Waals surface area contributed by atoms with Crippen LogP contribution in [0.15, 0.2) is 36.4 Å². The number of hydrogen-bond donors (Lipinski definition) is 1. The third-order valence-electron chi connectivity index (χ3n) is 3.61. The van der Waals surface area contributed by atoms with E-state index in [1.807, 2.05) is 30.3 Å². The molecule has 0 radical (unpaired) electrons. The monoisotopic (exact) mass is 229 g/mol. The van der Waals surface area contributed by atoms with Gasteiger partial charge in [-0.2, -0.15) is 0 Å². The standard InChI is InChI=1S/C15H16FN/c1-10-6-7-15(17-10)13-8-11-4-2-3-5-12(11)9-14(13)16/h2-5,8-10,15,17H,6-7H2,1H3. The highest BCUT2D eigenvalue weighted by molar-refractivity contribution is 5.83. The van der Waals surface area contributed by atoms with E-state index in [1.165, 1.54) is 0 Å². The Bertz CT molecular complexity index is 550. The SMILES string of the molecule is CC1CCC(c2cc3ccccc3cc2F)N1.